The number of amides is 1. The molecule has 1 aromatic heterocycles. The van der Waals surface area contributed by atoms with E-state index < -0.39 is 31.9 Å². The van der Waals surface area contributed by atoms with Crippen LogP contribution in [0.25, 0.3) is 4.85 Å². The molecule has 0 unspecified atom stereocenters. The highest BCUT2D eigenvalue weighted by molar-refractivity contribution is 8.04. The van der Waals surface area contributed by atoms with Crippen LogP contribution >= 0.6 is 0 Å². The number of imidazole rings is 1. The average molecular weight is 507 g/mol. The third kappa shape index (κ3) is 4.79. The number of aromatic nitrogens is 2. The van der Waals surface area contributed by atoms with Crippen molar-refractivity contribution in [2.24, 2.45) is 5.92 Å². The summed E-state index contributed by atoms with van der Waals surface area (Å²) in [4.78, 5) is 24.6. The molecule has 2 aliphatic heterocycles. The Morgan fingerprint density at radius 2 is 1.82 bits per heavy atom. The number of H-pyrrole nitrogens is 1. The lowest BCUT2D eigenvalue weighted by Crippen LogP contribution is -2.45. The summed E-state index contributed by atoms with van der Waals surface area (Å²) in [6, 6.07) is 5.09. The smallest absolute Gasteiger partial charge is 0.314 e. The minimum atomic E-state index is -3.95. The van der Waals surface area contributed by atoms with E-state index in [0.29, 0.717) is 26.6 Å². The summed E-state index contributed by atoms with van der Waals surface area (Å²) in [6.07, 6.45) is 3.20. The highest BCUT2D eigenvalue weighted by Gasteiger charge is 2.41. The van der Waals surface area contributed by atoms with Crippen LogP contribution in [0, 0.1) is 12.5 Å². The molecule has 0 saturated carbocycles. The van der Waals surface area contributed by atoms with Crippen LogP contribution in [-0.2, 0) is 20.0 Å². The van der Waals surface area contributed by atoms with Gasteiger partial charge < -0.3 is 15.1 Å². The predicted molar refractivity (Wildman–Crippen MR) is 128 cm³/mol. The maximum absolute atomic E-state index is 12.7. The van der Waals surface area contributed by atoms with Crippen LogP contribution in [0.15, 0.2) is 24.4 Å². The Morgan fingerprint density at radius 3 is 2.41 bits per heavy atom. The van der Waals surface area contributed by atoms with Crippen molar-refractivity contribution in [2.75, 3.05) is 41.9 Å². The van der Waals surface area contributed by atoms with Gasteiger partial charge in [0.15, 0.2) is 0 Å². The molecule has 2 fully saturated rings. The van der Waals surface area contributed by atoms with Crippen molar-refractivity contribution in [1.29, 1.82) is 0 Å². The number of rotatable bonds is 4. The first-order valence-electron chi connectivity index (χ1n) is 10.8. The molecular weight excluding hydrogens is 480 g/mol. The van der Waals surface area contributed by atoms with E-state index >= 15 is 0 Å². The zero-order chi connectivity index (χ0) is 24.7. The molecule has 1 aromatic carbocycles. The number of hydrogen-bond donors (Lipinski definition) is 2. The summed E-state index contributed by atoms with van der Waals surface area (Å²) in [5, 5.41) is 2.82. The number of hydrogen-bond acceptors (Lipinski definition) is 7. The van der Waals surface area contributed by atoms with E-state index in [1.165, 1.54) is 6.20 Å². The van der Waals surface area contributed by atoms with Gasteiger partial charge in [0, 0.05) is 26.1 Å². The lowest BCUT2D eigenvalue weighted by molar-refractivity contribution is 0.101. The van der Waals surface area contributed by atoms with E-state index in [-0.39, 0.29) is 23.1 Å². The molecule has 11 nitrogen and oxygen atoms in total. The maximum atomic E-state index is 12.7. The van der Waals surface area contributed by atoms with Gasteiger partial charge in [-0.3, -0.25) is 9.78 Å². The van der Waals surface area contributed by atoms with Crippen molar-refractivity contribution in [2.45, 2.75) is 25.7 Å². The quantitative estimate of drug-likeness (QED) is 0.606. The van der Waals surface area contributed by atoms with E-state index in [9.17, 15) is 21.6 Å². The molecule has 1 amide bonds. The van der Waals surface area contributed by atoms with Gasteiger partial charge in [0.1, 0.15) is 0 Å². The fourth-order valence-electron chi connectivity index (χ4n) is 4.22. The number of carbonyl (C=O) groups is 1. The minimum absolute atomic E-state index is 0.000738. The molecule has 13 heteroatoms. The summed E-state index contributed by atoms with van der Waals surface area (Å²) >= 11 is 0. The van der Waals surface area contributed by atoms with Crippen LogP contribution in [0.2, 0.25) is 0 Å². The van der Waals surface area contributed by atoms with Crippen LogP contribution in [0.3, 0.4) is 0 Å². The Hall–Kier alpha value is -2.95. The first kappa shape index (κ1) is 24.2. The summed E-state index contributed by atoms with van der Waals surface area (Å²) < 4.78 is 50.2. The molecule has 2 saturated heterocycles. The number of piperidine rings is 1. The molecule has 4 rings (SSSR count). The van der Waals surface area contributed by atoms with Gasteiger partial charge in [-0.05, 0) is 36.5 Å². The Kier molecular flexibility index (Phi) is 6.41. The molecule has 3 heterocycles. The first-order valence-corrected chi connectivity index (χ1v) is 14.0. The van der Waals surface area contributed by atoms with E-state index in [2.05, 4.69) is 32.0 Å². The fraction of sp³-hybridized carbons (Fsp3) is 0.476. The van der Waals surface area contributed by atoms with Gasteiger partial charge in [-0.25, -0.2) is 21.8 Å². The number of carbonyl (C=O) groups excluding carboxylic acids is 1. The predicted octanol–water partition coefficient (Wildman–Crippen LogP) is 2.14. The maximum Gasteiger partial charge on any atom is 0.314 e. The van der Waals surface area contributed by atoms with E-state index in [0.717, 1.165) is 33.0 Å². The number of nitrogens with one attached hydrogen (secondary N) is 2. The average Bonchev–Trinajstić information content (AvgIpc) is 3.27. The van der Waals surface area contributed by atoms with Crippen molar-refractivity contribution >= 4 is 43.1 Å². The molecule has 0 aliphatic carbocycles. The number of benzene rings is 1. The van der Waals surface area contributed by atoms with Crippen LogP contribution < -0.4 is 10.2 Å². The molecule has 34 heavy (non-hydrogen) atoms. The van der Waals surface area contributed by atoms with Crippen LogP contribution in [0.1, 0.15) is 41.9 Å². The summed E-state index contributed by atoms with van der Waals surface area (Å²) in [6.45, 7) is 10.7. The lowest BCUT2D eigenvalue weighted by Gasteiger charge is -2.34. The number of sulfonamides is 2. The van der Waals surface area contributed by atoms with Crippen molar-refractivity contribution in [3.8, 4) is 0 Å². The lowest BCUT2D eigenvalue weighted by atomic mass is 9.96. The van der Waals surface area contributed by atoms with E-state index in [4.69, 9.17) is 6.57 Å². The third-order valence-corrected chi connectivity index (χ3v) is 10.9. The van der Waals surface area contributed by atoms with Crippen LogP contribution in [0.4, 0.5) is 17.2 Å². The van der Waals surface area contributed by atoms with Gasteiger partial charge in [0.2, 0.25) is 25.9 Å². The minimum Gasteiger partial charge on any atom is -0.370 e. The van der Waals surface area contributed by atoms with Crippen molar-refractivity contribution in [3.63, 3.8) is 0 Å². The van der Waals surface area contributed by atoms with Gasteiger partial charge in [-0.2, -0.15) is 0 Å². The summed E-state index contributed by atoms with van der Waals surface area (Å²) in [7, 11) is -6.84. The molecule has 182 valence electrons. The second-order valence-corrected chi connectivity index (χ2v) is 13.1. The second kappa shape index (κ2) is 9.01. The Labute approximate surface area is 199 Å². The largest absolute Gasteiger partial charge is 0.370 e. The fourth-order valence-corrected chi connectivity index (χ4v) is 8.17. The molecule has 2 N–H and O–H groups in total. The van der Waals surface area contributed by atoms with Crippen LogP contribution in [-0.4, -0.2) is 68.1 Å². The first-order chi connectivity index (χ1) is 16.0. The Balaban J connectivity index is 1.68. The zero-order valence-corrected chi connectivity index (χ0v) is 20.5. The van der Waals surface area contributed by atoms with Gasteiger partial charge in [-0.15, -0.1) is 0 Å². The van der Waals surface area contributed by atoms with E-state index in [1.54, 1.807) is 18.2 Å². The molecule has 0 bridgehead atoms. The topological polar surface area (TPSA) is 137 Å². The van der Waals surface area contributed by atoms with Crippen molar-refractivity contribution in [3.05, 3.63) is 47.2 Å². The van der Waals surface area contributed by atoms with Gasteiger partial charge in [-0.1, -0.05) is 23.3 Å². The zero-order valence-electron chi connectivity index (χ0n) is 18.9. The molecule has 0 radical (unpaired) electrons. The Morgan fingerprint density at radius 1 is 1.18 bits per heavy atom. The molecule has 0 spiro atoms. The summed E-state index contributed by atoms with van der Waals surface area (Å²) in [5.41, 5.74) is 1.78. The van der Waals surface area contributed by atoms with Gasteiger partial charge >= 0.3 is 5.91 Å². The third-order valence-electron chi connectivity index (χ3n) is 6.37. The summed E-state index contributed by atoms with van der Waals surface area (Å²) in [5.74, 6) is -1.13. The molecular formula is C21H26N6O5S2. The van der Waals surface area contributed by atoms with Crippen molar-refractivity contribution < 1.29 is 21.6 Å². The van der Waals surface area contributed by atoms with Crippen molar-refractivity contribution in [1.82, 2.24) is 13.7 Å². The van der Waals surface area contributed by atoms with Gasteiger partial charge in [0.25, 0.3) is 5.82 Å². The standard InChI is InChI=1S/C21H26N6O5S2/c1-14-6-8-27(9-7-14)18-10-15(16-12-33(29,30)26(3)34(31,32)13-16)4-5-17(18)24-21(28)20-23-11-19(22-2)25-20/h4-5,10-11,14,16H,6-9,12-13H2,1,3H3,(H,23,25)(H,24,28). The highest BCUT2D eigenvalue weighted by Crippen LogP contribution is 2.36. The SMILES string of the molecule is [C-]#[N+]c1cnc(C(=O)Nc2ccc(C3CS(=O)(=O)N(C)S(=O)(=O)C3)cc2N2CCC(C)CC2)[nH]1. The molecule has 2 aliphatic rings. The van der Waals surface area contributed by atoms with Crippen LogP contribution in [0.5, 0.6) is 0 Å². The Bertz CT molecular complexity index is 1320. The molecule has 0 atom stereocenters. The number of nitrogens with zero attached hydrogens (tertiary/aromatic N) is 4. The normalized spacial score (nSPS) is 21.1. The second-order valence-electron chi connectivity index (χ2n) is 8.76. The molecule has 2 aromatic rings. The van der Waals surface area contributed by atoms with E-state index in [1.807, 2.05) is 0 Å². The monoisotopic (exact) mass is 506 g/mol. The number of aromatic amines is 1. The highest BCUT2D eigenvalue weighted by atomic mass is 32.3. The number of anilines is 2. The van der Waals surface area contributed by atoms with Gasteiger partial charge in [0.05, 0.1) is 29.1 Å².